The van der Waals surface area contributed by atoms with Gasteiger partial charge in [0.2, 0.25) is 0 Å². The largest absolute Gasteiger partial charge is 0.481 e. The van der Waals surface area contributed by atoms with E-state index in [9.17, 15) is 4.79 Å². The van der Waals surface area contributed by atoms with Gasteiger partial charge < -0.3 is 10.4 Å². The third-order valence-corrected chi connectivity index (χ3v) is 3.29. The maximum Gasteiger partial charge on any atom is 0.311 e. The molecule has 0 saturated heterocycles. The summed E-state index contributed by atoms with van der Waals surface area (Å²) in [6.07, 6.45) is 3.90. The van der Waals surface area contributed by atoms with Crippen LogP contribution >= 0.6 is 0 Å². The quantitative estimate of drug-likeness (QED) is 0.822. The highest BCUT2D eigenvalue weighted by molar-refractivity contribution is 5.76. The lowest BCUT2D eigenvalue weighted by molar-refractivity contribution is -0.153. The van der Waals surface area contributed by atoms with Gasteiger partial charge in [0.05, 0.1) is 11.0 Å². The van der Waals surface area contributed by atoms with E-state index < -0.39 is 11.4 Å². The Bertz CT molecular complexity index is 475. The van der Waals surface area contributed by atoms with Gasteiger partial charge in [0, 0.05) is 12.7 Å². The number of aliphatic carboxylic acids is 1. The maximum atomic E-state index is 11.2. The first-order chi connectivity index (χ1) is 8.18. The molecule has 5 heteroatoms. The summed E-state index contributed by atoms with van der Waals surface area (Å²) >= 11 is 0. The number of aromatic nitrogens is 1. The summed E-state index contributed by atoms with van der Waals surface area (Å²) < 4.78 is 0. The molecule has 1 heterocycles. The van der Waals surface area contributed by atoms with Crippen LogP contribution in [-0.4, -0.2) is 22.6 Å². The molecule has 2 N–H and O–H groups in total. The molecule has 2 rings (SSSR count). The summed E-state index contributed by atoms with van der Waals surface area (Å²) in [7, 11) is 0. The maximum absolute atomic E-state index is 11.2. The fourth-order valence-electron chi connectivity index (χ4n) is 1.96. The fourth-order valence-corrected chi connectivity index (χ4v) is 1.96. The third-order valence-electron chi connectivity index (χ3n) is 3.29. The van der Waals surface area contributed by atoms with E-state index in [1.54, 1.807) is 18.3 Å². The Labute approximate surface area is 99.1 Å². The molecule has 1 aliphatic carbocycles. The smallest absolute Gasteiger partial charge is 0.311 e. The minimum atomic E-state index is -0.773. The van der Waals surface area contributed by atoms with Crippen molar-refractivity contribution in [1.29, 1.82) is 5.26 Å². The number of pyridine rings is 1. The molecule has 88 valence electrons. The fraction of sp³-hybridized carbons (Fsp3) is 0.417. The summed E-state index contributed by atoms with van der Waals surface area (Å²) in [5.41, 5.74) is -0.239. The molecule has 0 aromatic carbocycles. The normalized spacial score (nSPS) is 16.6. The highest BCUT2D eigenvalue weighted by Gasteiger charge is 2.44. The summed E-state index contributed by atoms with van der Waals surface area (Å²) in [6, 6.07) is 5.36. The molecule has 1 aromatic rings. The van der Waals surface area contributed by atoms with Gasteiger partial charge in [-0.05, 0) is 25.0 Å². The number of nitrogens with zero attached hydrogens (tertiary/aromatic N) is 2. The standard InChI is InChI=1S/C12H13N3O2/c13-7-9-3-1-6-14-10(9)15-8-12(11(16)17)4-2-5-12/h1,3,6H,2,4-5,8H2,(H,14,15)(H,16,17). The van der Waals surface area contributed by atoms with Crippen LogP contribution in [-0.2, 0) is 4.79 Å². The van der Waals surface area contributed by atoms with E-state index in [-0.39, 0.29) is 0 Å². The summed E-state index contributed by atoms with van der Waals surface area (Å²) in [5, 5.41) is 21.0. The van der Waals surface area contributed by atoms with Crippen LogP contribution < -0.4 is 5.32 Å². The second kappa shape index (κ2) is 4.42. The third kappa shape index (κ3) is 2.07. The van der Waals surface area contributed by atoms with E-state index in [1.807, 2.05) is 6.07 Å². The van der Waals surface area contributed by atoms with Crippen molar-refractivity contribution in [2.24, 2.45) is 5.41 Å². The number of hydrogen-bond acceptors (Lipinski definition) is 4. The lowest BCUT2D eigenvalue weighted by Crippen LogP contribution is -2.43. The van der Waals surface area contributed by atoms with Crippen LogP contribution in [0.15, 0.2) is 18.3 Å². The molecule has 17 heavy (non-hydrogen) atoms. The number of carbonyl (C=O) groups is 1. The van der Waals surface area contributed by atoms with Gasteiger partial charge in [0.15, 0.2) is 0 Å². The number of anilines is 1. The Morgan fingerprint density at radius 3 is 2.94 bits per heavy atom. The van der Waals surface area contributed by atoms with Crippen LogP contribution in [0.25, 0.3) is 0 Å². The van der Waals surface area contributed by atoms with Gasteiger partial charge in [-0.15, -0.1) is 0 Å². The summed E-state index contributed by atoms with van der Waals surface area (Å²) in [6.45, 7) is 0.327. The Morgan fingerprint density at radius 1 is 1.65 bits per heavy atom. The highest BCUT2D eigenvalue weighted by atomic mass is 16.4. The molecule has 1 fully saturated rings. The van der Waals surface area contributed by atoms with Gasteiger partial charge in [-0.2, -0.15) is 5.26 Å². The van der Waals surface area contributed by atoms with Gasteiger partial charge >= 0.3 is 5.97 Å². The topological polar surface area (TPSA) is 86.0 Å². The second-order valence-corrected chi connectivity index (χ2v) is 4.30. The lowest BCUT2D eigenvalue weighted by atomic mass is 9.69. The van der Waals surface area contributed by atoms with Gasteiger partial charge in [0.25, 0.3) is 0 Å². The van der Waals surface area contributed by atoms with Crippen LogP contribution in [0, 0.1) is 16.7 Å². The monoisotopic (exact) mass is 231 g/mol. The van der Waals surface area contributed by atoms with E-state index >= 15 is 0 Å². The zero-order valence-corrected chi connectivity index (χ0v) is 9.31. The van der Waals surface area contributed by atoms with Crippen LogP contribution in [0.2, 0.25) is 0 Å². The van der Waals surface area contributed by atoms with E-state index in [0.717, 1.165) is 6.42 Å². The number of carboxylic acid groups (broad SMARTS) is 1. The zero-order chi connectivity index (χ0) is 12.3. The molecule has 0 aliphatic heterocycles. The van der Waals surface area contributed by atoms with Crippen LogP contribution in [0.5, 0.6) is 0 Å². The summed E-state index contributed by atoms with van der Waals surface area (Å²) in [4.78, 5) is 15.2. The summed E-state index contributed by atoms with van der Waals surface area (Å²) in [5.74, 6) is -0.312. The Balaban J connectivity index is 2.07. The molecule has 0 bridgehead atoms. The second-order valence-electron chi connectivity index (χ2n) is 4.30. The highest BCUT2D eigenvalue weighted by Crippen LogP contribution is 2.41. The molecular weight excluding hydrogens is 218 g/mol. The average Bonchev–Trinajstić information content (AvgIpc) is 2.27. The number of hydrogen-bond donors (Lipinski definition) is 2. The van der Waals surface area contributed by atoms with E-state index in [4.69, 9.17) is 10.4 Å². The Kier molecular flexibility index (Phi) is 2.96. The predicted octanol–water partition coefficient (Wildman–Crippen LogP) is 1.62. The number of nitrogens with one attached hydrogen (secondary N) is 1. The number of carboxylic acids is 1. The lowest BCUT2D eigenvalue weighted by Gasteiger charge is -2.37. The van der Waals surface area contributed by atoms with E-state index in [2.05, 4.69) is 10.3 Å². The minimum absolute atomic E-state index is 0.327. The molecule has 1 aromatic heterocycles. The van der Waals surface area contributed by atoms with Gasteiger partial charge in [-0.25, -0.2) is 4.98 Å². The van der Waals surface area contributed by atoms with E-state index in [0.29, 0.717) is 30.8 Å². The van der Waals surface area contributed by atoms with Crippen molar-refractivity contribution in [3.8, 4) is 6.07 Å². The van der Waals surface area contributed by atoms with Crippen molar-refractivity contribution >= 4 is 11.8 Å². The first-order valence-electron chi connectivity index (χ1n) is 5.50. The zero-order valence-electron chi connectivity index (χ0n) is 9.31. The first kappa shape index (κ1) is 11.4. The van der Waals surface area contributed by atoms with Crippen LogP contribution in [0.3, 0.4) is 0 Å². The molecule has 5 nitrogen and oxygen atoms in total. The molecule has 0 atom stereocenters. The number of nitriles is 1. The molecule has 1 saturated carbocycles. The van der Waals surface area contributed by atoms with Gasteiger partial charge in [0.1, 0.15) is 11.9 Å². The van der Waals surface area contributed by atoms with Gasteiger partial charge in [-0.1, -0.05) is 6.42 Å². The predicted molar refractivity (Wildman–Crippen MR) is 61.4 cm³/mol. The Morgan fingerprint density at radius 2 is 2.41 bits per heavy atom. The van der Waals surface area contributed by atoms with Crippen molar-refractivity contribution in [2.75, 3.05) is 11.9 Å². The minimum Gasteiger partial charge on any atom is -0.481 e. The first-order valence-corrected chi connectivity index (χ1v) is 5.50. The molecule has 1 aliphatic rings. The van der Waals surface area contributed by atoms with Crippen molar-refractivity contribution in [2.45, 2.75) is 19.3 Å². The van der Waals surface area contributed by atoms with E-state index in [1.165, 1.54) is 0 Å². The van der Waals surface area contributed by atoms with Crippen molar-refractivity contribution in [3.05, 3.63) is 23.9 Å². The molecule has 0 unspecified atom stereocenters. The van der Waals surface area contributed by atoms with Crippen LogP contribution in [0.1, 0.15) is 24.8 Å². The Hall–Kier alpha value is -2.09. The molecule has 0 spiro atoms. The van der Waals surface area contributed by atoms with Gasteiger partial charge in [-0.3, -0.25) is 4.79 Å². The SMILES string of the molecule is N#Cc1cccnc1NCC1(C(=O)O)CCC1. The number of rotatable bonds is 4. The van der Waals surface area contributed by atoms with Crippen LogP contribution in [0.4, 0.5) is 5.82 Å². The molecule has 0 amide bonds. The molecular formula is C12H13N3O2. The van der Waals surface area contributed by atoms with Crippen molar-refractivity contribution < 1.29 is 9.90 Å². The van der Waals surface area contributed by atoms with Crippen molar-refractivity contribution in [3.63, 3.8) is 0 Å². The average molecular weight is 231 g/mol. The van der Waals surface area contributed by atoms with Crippen molar-refractivity contribution in [1.82, 2.24) is 4.98 Å². The molecule has 0 radical (unpaired) electrons.